The van der Waals surface area contributed by atoms with Gasteiger partial charge in [-0.25, -0.2) is 0 Å². The zero-order chi connectivity index (χ0) is 20.5. The predicted molar refractivity (Wildman–Crippen MR) is 110 cm³/mol. The van der Waals surface area contributed by atoms with Crippen LogP contribution in [0.1, 0.15) is 24.5 Å². The van der Waals surface area contributed by atoms with Crippen LogP contribution in [0.5, 0.6) is 0 Å². The molecule has 28 heavy (non-hydrogen) atoms. The second-order valence-electron chi connectivity index (χ2n) is 7.21. The Morgan fingerprint density at radius 3 is 2.39 bits per heavy atom. The van der Waals surface area contributed by atoms with Crippen LogP contribution < -0.4 is 16.4 Å². The summed E-state index contributed by atoms with van der Waals surface area (Å²) in [4.78, 5) is 29.0. The van der Waals surface area contributed by atoms with E-state index in [0.29, 0.717) is 25.2 Å². The quantitative estimate of drug-likeness (QED) is 0.528. The molecule has 1 unspecified atom stereocenters. The van der Waals surface area contributed by atoms with Gasteiger partial charge in [0.15, 0.2) is 6.10 Å². The molecule has 1 saturated heterocycles. The molecule has 1 aromatic carbocycles. The van der Waals surface area contributed by atoms with Crippen LogP contribution in [0.15, 0.2) is 24.3 Å². The lowest BCUT2D eigenvalue weighted by Gasteiger charge is -2.34. The number of piperazine rings is 1. The van der Waals surface area contributed by atoms with Gasteiger partial charge in [-0.2, -0.15) is 0 Å². The smallest absolute Gasteiger partial charge is 0.256 e. The Bertz CT molecular complexity index is 629. The Kier molecular flexibility index (Phi) is 8.85. The highest BCUT2D eigenvalue weighted by Crippen LogP contribution is 2.22. The SMILES string of the molecule is CNCCC[C@H](N)C(=O)Nc1ccc(C(OC)C(=O)N2CCN(C)CC2)cc1. The molecule has 0 bridgehead atoms. The van der Waals surface area contributed by atoms with Gasteiger partial charge in [0.05, 0.1) is 6.04 Å². The molecule has 8 heteroatoms. The molecule has 2 rings (SSSR count). The Hall–Kier alpha value is -2.00. The summed E-state index contributed by atoms with van der Waals surface area (Å²) < 4.78 is 5.47. The summed E-state index contributed by atoms with van der Waals surface area (Å²) in [5, 5.41) is 5.86. The van der Waals surface area contributed by atoms with E-state index in [9.17, 15) is 9.59 Å². The van der Waals surface area contributed by atoms with Crippen molar-refractivity contribution in [2.75, 3.05) is 59.2 Å². The molecule has 0 radical (unpaired) electrons. The van der Waals surface area contributed by atoms with Crippen molar-refractivity contribution in [2.24, 2.45) is 5.73 Å². The van der Waals surface area contributed by atoms with Crippen LogP contribution in [-0.2, 0) is 14.3 Å². The third-order valence-corrected chi connectivity index (χ3v) is 5.03. The Labute approximate surface area is 167 Å². The topological polar surface area (TPSA) is 99.9 Å². The number of nitrogens with one attached hydrogen (secondary N) is 2. The van der Waals surface area contributed by atoms with Crippen molar-refractivity contribution in [1.82, 2.24) is 15.1 Å². The highest BCUT2D eigenvalue weighted by atomic mass is 16.5. The van der Waals surface area contributed by atoms with Crippen molar-refractivity contribution < 1.29 is 14.3 Å². The molecule has 2 atom stereocenters. The van der Waals surface area contributed by atoms with Gasteiger partial charge in [0.1, 0.15) is 0 Å². The van der Waals surface area contributed by atoms with E-state index < -0.39 is 12.1 Å². The number of carbonyl (C=O) groups is 2. The second kappa shape index (κ2) is 11.1. The fourth-order valence-corrected chi connectivity index (χ4v) is 3.18. The molecule has 156 valence electrons. The van der Waals surface area contributed by atoms with Crippen LogP contribution in [0, 0.1) is 0 Å². The van der Waals surface area contributed by atoms with Crippen molar-refractivity contribution in [3.8, 4) is 0 Å². The molecule has 8 nitrogen and oxygen atoms in total. The molecular formula is C20H33N5O3. The van der Waals surface area contributed by atoms with Gasteiger partial charge in [-0.05, 0) is 51.2 Å². The van der Waals surface area contributed by atoms with Gasteiger partial charge < -0.3 is 30.9 Å². The van der Waals surface area contributed by atoms with Crippen LogP contribution >= 0.6 is 0 Å². The van der Waals surface area contributed by atoms with Gasteiger partial charge in [0, 0.05) is 39.0 Å². The van der Waals surface area contributed by atoms with Crippen LogP contribution in [0.3, 0.4) is 0 Å². The van der Waals surface area contributed by atoms with Crippen molar-refractivity contribution in [1.29, 1.82) is 0 Å². The highest BCUT2D eigenvalue weighted by Gasteiger charge is 2.27. The van der Waals surface area contributed by atoms with Gasteiger partial charge in [0.2, 0.25) is 5.91 Å². The van der Waals surface area contributed by atoms with Gasteiger partial charge >= 0.3 is 0 Å². The normalized spacial score (nSPS) is 17.2. The number of rotatable bonds is 9. The zero-order valence-electron chi connectivity index (χ0n) is 17.1. The number of amides is 2. The largest absolute Gasteiger partial charge is 0.367 e. The molecule has 1 aliphatic heterocycles. The second-order valence-corrected chi connectivity index (χ2v) is 7.21. The number of methoxy groups -OCH3 is 1. The average Bonchev–Trinajstić information content (AvgIpc) is 2.70. The first-order chi connectivity index (χ1) is 13.5. The van der Waals surface area contributed by atoms with Crippen LogP contribution in [0.25, 0.3) is 0 Å². The standard InChI is InChI=1S/C20H33N5O3/c1-22-10-4-5-17(21)19(26)23-16-8-6-15(7-9-16)18(28-3)20(27)25-13-11-24(2)12-14-25/h6-9,17-18,22H,4-5,10-14,21H2,1-3H3,(H,23,26)/t17-,18?/m0/s1. The first-order valence-corrected chi connectivity index (χ1v) is 9.77. The number of benzene rings is 1. The molecule has 1 heterocycles. The molecule has 0 aromatic heterocycles. The molecule has 1 fully saturated rings. The van der Waals surface area contributed by atoms with E-state index in [0.717, 1.165) is 31.6 Å². The molecule has 0 spiro atoms. The molecule has 4 N–H and O–H groups in total. The van der Waals surface area contributed by atoms with E-state index >= 15 is 0 Å². The molecule has 0 saturated carbocycles. The van der Waals surface area contributed by atoms with Crippen molar-refractivity contribution in [2.45, 2.75) is 25.0 Å². The maximum absolute atomic E-state index is 12.8. The maximum Gasteiger partial charge on any atom is 0.256 e. The number of hydrogen-bond donors (Lipinski definition) is 3. The Morgan fingerprint density at radius 1 is 1.18 bits per heavy atom. The lowest BCUT2D eigenvalue weighted by Crippen LogP contribution is -2.48. The Balaban J connectivity index is 1.94. The van der Waals surface area contributed by atoms with E-state index in [-0.39, 0.29) is 11.8 Å². The first kappa shape index (κ1) is 22.3. The number of likely N-dealkylation sites (N-methyl/N-ethyl adjacent to an activating group) is 1. The number of ether oxygens (including phenoxy) is 1. The van der Waals surface area contributed by atoms with Gasteiger partial charge in [-0.1, -0.05) is 12.1 Å². The van der Waals surface area contributed by atoms with Crippen LogP contribution in [0.2, 0.25) is 0 Å². The third kappa shape index (κ3) is 6.27. The summed E-state index contributed by atoms with van der Waals surface area (Å²) in [6.07, 6.45) is 0.821. The van der Waals surface area contributed by atoms with E-state index in [2.05, 4.69) is 22.6 Å². The lowest BCUT2D eigenvalue weighted by molar-refractivity contribution is -0.144. The molecule has 1 aromatic rings. The van der Waals surface area contributed by atoms with Crippen molar-refractivity contribution in [3.05, 3.63) is 29.8 Å². The fourth-order valence-electron chi connectivity index (χ4n) is 3.18. The summed E-state index contributed by atoms with van der Waals surface area (Å²) in [5.41, 5.74) is 7.34. The van der Waals surface area contributed by atoms with E-state index in [1.807, 2.05) is 24.1 Å². The minimum atomic E-state index is -0.642. The average molecular weight is 392 g/mol. The number of carbonyl (C=O) groups excluding carboxylic acids is 2. The molecular weight excluding hydrogens is 358 g/mol. The summed E-state index contributed by atoms with van der Waals surface area (Å²) in [6, 6.07) is 6.63. The fraction of sp³-hybridized carbons (Fsp3) is 0.600. The third-order valence-electron chi connectivity index (χ3n) is 5.03. The van der Waals surface area contributed by atoms with Crippen molar-refractivity contribution >= 4 is 17.5 Å². The lowest BCUT2D eigenvalue weighted by atomic mass is 10.1. The minimum absolute atomic E-state index is 0.0288. The van der Waals surface area contributed by atoms with Crippen molar-refractivity contribution in [3.63, 3.8) is 0 Å². The first-order valence-electron chi connectivity index (χ1n) is 9.77. The highest BCUT2D eigenvalue weighted by molar-refractivity contribution is 5.94. The van der Waals surface area contributed by atoms with E-state index in [4.69, 9.17) is 10.5 Å². The van der Waals surface area contributed by atoms with E-state index in [1.165, 1.54) is 0 Å². The number of nitrogens with zero attached hydrogens (tertiary/aromatic N) is 2. The number of anilines is 1. The van der Waals surface area contributed by atoms with Gasteiger partial charge in [-0.15, -0.1) is 0 Å². The number of hydrogen-bond acceptors (Lipinski definition) is 6. The van der Waals surface area contributed by atoms with Gasteiger partial charge in [0.25, 0.3) is 5.91 Å². The Morgan fingerprint density at radius 2 is 1.82 bits per heavy atom. The molecule has 2 amide bonds. The van der Waals surface area contributed by atoms with E-state index in [1.54, 1.807) is 19.2 Å². The van der Waals surface area contributed by atoms with Crippen LogP contribution in [-0.4, -0.2) is 81.6 Å². The number of nitrogens with two attached hydrogens (primary N) is 1. The summed E-state index contributed by atoms with van der Waals surface area (Å²) in [6.45, 7) is 3.96. The summed E-state index contributed by atoms with van der Waals surface area (Å²) in [7, 11) is 5.46. The van der Waals surface area contributed by atoms with Crippen LogP contribution in [0.4, 0.5) is 5.69 Å². The minimum Gasteiger partial charge on any atom is -0.367 e. The zero-order valence-corrected chi connectivity index (χ0v) is 17.1. The summed E-state index contributed by atoms with van der Waals surface area (Å²) in [5.74, 6) is -0.236. The summed E-state index contributed by atoms with van der Waals surface area (Å²) >= 11 is 0. The monoisotopic (exact) mass is 391 g/mol. The van der Waals surface area contributed by atoms with Gasteiger partial charge in [-0.3, -0.25) is 9.59 Å². The maximum atomic E-state index is 12.8. The molecule has 0 aliphatic carbocycles. The predicted octanol–water partition coefficient (Wildman–Crippen LogP) is 0.414. The molecule has 1 aliphatic rings.